The van der Waals surface area contributed by atoms with Crippen LogP contribution in [0.2, 0.25) is 0 Å². The molecule has 2 aromatic carbocycles. The number of rotatable bonds is 4. The second-order valence-electron chi connectivity index (χ2n) is 8.92. The average molecular weight is 422 g/mol. The summed E-state index contributed by atoms with van der Waals surface area (Å²) in [6.45, 7) is 5.72. The normalized spacial score (nSPS) is 23.4. The van der Waals surface area contributed by atoms with Crippen LogP contribution in [-0.4, -0.2) is 47.4 Å². The minimum atomic E-state index is -0.157. The van der Waals surface area contributed by atoms with Crippen LogP contribution in [0.4, 0.5) is 10.1 Å². The van der Waals surface area contributed by atoms with Crippen LogP contribution >= 0.6 is 11.8 Å². The maximum atomic E-state index is 13.4. The van der Waals surface area contributed by atoms with Gasteiger partial charge in [-0.3, -0.25) is 0 Å². The molecule has 30 heavy (non-hydrogen) atoms. The second-order valence-corrected chi connectivity index (χ2v) is 10.1. The standard InChI is InChI=1S/C25H28FN3S/c26-19-6-7-22-18(16-19)8-14-28(22)11-2-10-27-13-9-23-21(17-27)20-4-1-5-24-25(20)29(23)12-3-15-30-24/h1,4-8,14,16,21,23H,2-3,9-13,15,17H2/t21-,23-/m0/s1. The van der Waals surface area contributed by atoms with E-state index in [0.29, 0.717) is 12.0 Å². The highest BCUT2D eigenvalue weighted by Crippen LogP contribution is 2.50. The Morgan fingerprint density at radius 1 is 1.07 bits per heavy atom. The van der Waals surface area contributed by atoms with E-state index in [1.807, 2.05) is 23.9 Å². The van der Waals surface area contributed by atoms with Gasteiger partial charge in [0, 0.05) is 60.1 Å². The van der Waals surface area contributed by atoms with E-state index in [1.165, 1.54) is 43.1 Å². The minimum Gasteiger partial charge on any atom is -0.367 e. The van der Waals surface area contributed by atoms with Gasteiger partial charge in [0.15, 0.2) is 0 Å². The molecule has 5 heteroatoms. The monoisotopic (exact) mass is 421 g/mol. The van der Waals surface area contributed by atoms with Crippen LogP contribution in [-0.2, 0) is 6.54 Å². The van der Waals surface area contributed by atoms with Gasteiger partial charge < -0.3 is 14.4 Å². The number of anilines is 1. The van der Waals surface area contributed by atoms with Crippen LogP contribution < -0.4 is 4.90 Å². The average Bonchev–Trinajstić information content (AvgIpc) is 3.21. The van der Waals surface area contributed by atoms with Crippen LogP contribution in [0.1, 0.15) is 30.7 Å². The molecule has 0 unspecified atom stereocenters. The summed E-state index contributed by atoms with van der Waals surface area (Å²) in [6.07, 6.45) is 5.79. The summed E-state index contributed by atoms with van der Waals surface area (Å²) in [6, 6.07) is 14.8. The predicted molar refractivity (Wildman–Crippen MR) is 123 cm³/mol. The van der Waals surface area contributed by atoms with Gasteiger partial charge >= 0.3 is 0 Å². The van der Waals surface area contributed by atoms with E-state index in [2.05, 4.69) is 38.8 Å². The lowest BCUT2D eigenvalue weighted by atomic mass is 9.89. The molecule has 3 aromatic rings. The third-order valence-electron chi connectivity index (χ3n) is 7.19. The number of hydrogen-bond donors (Lipinski definition) is 0. The van der Waals surface area contributed by atoms with Crippen molar-refractivity contribution in [3.8, 4) is 0 Å². The van der Waals surface area contributed by atoms with Gasteiger partial charge in [-0.1, -0.05) is 12.1 Å². The smallest absolute Gasteiger partial charge is 0.123 e. The highest BCUT2D eigenvalue weighted by molar-refractivity contribution is 7.99. The summed E-state index contributed by atoms with van der Waals surface area (Å²) in [7, 11) is 0. The van der Waals surface area contributed by atoms with Crippen molar-refractivity contribution in [3.05, 3.63) is 60.0 Å². The van der Waals surface area contributed by atoms with Crippen molar-refractivity contribution < 1.29 is 4.39 Å². The lowest BCUT2D eigenvalue weighted by Crippen LogP contribution is -2.46. The van der Waals surface area contributed by atoms with Gasteiger partial charge in [0.05, 0.1) is 5.69 Å². The van der Waals surface area contributed by atoms with Gasteiger partial charge in [-0.05, 0) is 67.5 Å². The van der Waals surface area contributed by atoms with Crippen LogP contribution in [0.25, 0.3) is 10.9 Å². The van der Waals surface area contributed by atoms with Gasteiger partial charge in [0.2, 0.25) is 0 Å². The Balaban J connectivity index is 1.14. The summed E-state index contributed by atoms with van der Waals surface area (Å²) in [5.74, 6) is 1.75. The van der Waals surface area contributed by atoms with Crippen molar-refractivity contribution in [1.82, 2.24) is 9.47 Å². The van der Waals surface area contributed by atoms with Gasteiger partial charge in [-0.15, -0.1) is 11.8 Å². The highest BCUT2D eigenvalue weighted by atomic mass is 32.2. The van der Waals surface area contributed by atoms with Crippen molar-refractivity contribution >= 4 is 28.4 Å². The summed E-state index contributed by atoms with van der Waals surface area (Å²) in [4.78, 5) is 6.92. The first kappa shape index (κ1) is 18.8. The largest absolute Gasteiger partial charge is 0.367 e. The van der Waals surface area contributed by atoms with E-state index in [1.54, 1.807) is 23.4 Å². The predicted octanol–water partition coefficient (Wildman–Crippen LogP) is 5.34. The molecule has 3 aliphatic rings. The van der Waals surface area contributed by atoms with E-state index in [-0.39, 0.29) is 5.82 Å². The maximum Gasteiger partial charge on any atom is 0.123 e. The molecule has 0 radical (unpaired) electrons. The number of piperidine rings is 1. The molecule has 0 amide bonds. The molecule has 2 atom stereocenters. The number of para-hydroxylation sites is 1. The molecule has 156 valence electrons. The van der Waals surface area contributed by atoms with E-state index < -0.39 is 0 Å². The zero-order valence-electron chi connectivity index (χ0n) is 17.3. The fourth-order valence-electron chi connectivity index (χ4n) is 5.84. The minimum absolute atomic E-state index is 0.157. The van der Waals surface area contributed by atoms with Crippen molar-refractivity contribution in [3.63, 3.8) is 0 Å². The van der Waals surface area contributed by atoms with E-state index in [4.69, 9.17) is 0 Å². The zero-order chi connectivity index (χ0) is 20.1. The topological polar surface area (TPSA) is 11.4 Å². The summed E-state index contributed by atoms with van der Waals surface area (Å²) in [5, 5.41) is 0.994. The molecule has 3 aliphatic heterocycles. The Labute approximate surface area is 181 Å². The molecule has 4 heterocycles. The molecule has 1 aromatic heterocycles. The van der Waals surface area contributed by atoms with Gasteiger partial charge in [0.25, 0.3) is 0 Å². The number of aromatic nitrogens is 1. The number of halogens is 1. The number of fused-ring (bicyclic) bond motifs is 4. The molecule has 0 aliphatic carbocycles. The Hall–Kier alpha value is -1.98. The molecule has 0 saturated carbocycles. The first-order valence-electron chi connectivity index (χ1n) is 11.3. The van der Waals surface area contributed by atoms with Crippen molar-refractivity contribution in [2.75, 3.05) is 36.8 Å². The Kier molecular flexibility index (Phi) is 4.76. The summed E-state index contributed by atoms with van der Waals surface area (Å²) >= 11 is 2.05. The van der Waals surface area contributed by atoms with Gasteiger partial charge in [-0.2, -0.15) is 0 Å². The Bertz CT molecular complexity index is 1080. The molecule has 6 rings (SSSR count). The molecule has 0 N–H and O–H groups in total. The number of nitrogens with zero attached hydrogens (tertiary/aromatic N) is 3. The van der Waals surface area contributed by atoms with Crippen LogP contribution in [0.3, 0.4) is 0 Å². The number of likely N-dealkylation sites (tertiary alicyclic amines) is 1. The van der Waals surface area contributed by atoms with E-state index in [9.17, 15) is 4.39 Å². The molecule has 3 nitrogen and oxygen atoms in total. The van der Waals surface area contributed by atoms with Crippen molar-refractivity contribution in [2.24, 2.45) is 0 Å². The lowest BCUT2D eigenvalue weighted by Gasteiger charge is -2.39. The number of thioether (sulfide) groups is 1. The summed E-state index contributed by atoms with van der Waals surface area (Å²) < 4.78 is 15.7. The Morgan fingerprint density at radius 2 is 2.03 bits per heavy atom. The van der Waals surface area contributed by atoms with Crippen molar-refractivity contribution in [2.45, 2.75) is 42.7 Å². The Morgan fingerprint density at radius 3 is 3.00 bits per heavy atom. The molecular formula is C25H28FN3S. The van der Waals surface area contributed by atoms with Crippen molar-refractivity contribution in [1.29, 1.82) is 0 Å². The van der Waals surface area contributed by atoms with Gasteiger partial charge in [-0.25, -0.2) is 4.39 Å². The second kappa shape index (κ2) is 7.61. The first-order chi connectivity index (χ1) is 14.8. The molecule has 0 spiro atoms. The fraction of sp³-hybridized carbons (Fsp3) is 0.440. The first-order valence-corrected chi connectivity index (χ1v) is 12.3. The quantitative estimate of drug-likeness (QED) is 0.563. The third kappa shape index (κ3) is 3.14. The van der Waals surface area contributed by atoms with Crippen LogP contribution in [0.15, 0.2) is 53.6 Å². The maximum absolute atomic E-state index is 13.4. The zero-order valence-corrected chi connectivity index (χ0v) is 18.1. The molecule has 1 saturated heterocycles. The van der Waals surface area contributed by atoms with E-state index in [0.717, 1.165) is 30.4 Å². The summed E-state index contributed by atoms with van der Waals surface area (Å²) in [5.41, 5.74) is 4.29. The SMILES string of the molecule is Fc1ccc2c(ccn2CCCN2CC[C@H]3[C@@H](C2)c2cccc4c2N3CCCS4)c1. The number of benzene rings is 2. The lowest BCUT2D eigenvalue weighted by molar-refractivity contribution is 0.189. The molecule has 0 bridgehead atoms. The number of hydrogen-bond acceptors (Lipinski definition) is 3. The third-order valence-corrected chi connectivity index (χ3v) is 8.32. The van der Waals surface area contributed by atoms with Gasteiger partial charge in [0.1, 0.15) is 5.82 Å². The van der Waals surface area contributed by atoms with Crippen LogP contribution in [0, 0.1) is 5.82 Å². The van der Waals surface area contributed by atoms with Crippen LogP contribution in [0.5, 0.6) is 0 Å². The highest BCUT2D eigenvalue weighted by Gasteiger charge is 2.43. The molecule has 1 fully saturated rings. The fourth-order valence-corrected chi connectivity index (χ4v) is 6.88. The molecular weight excluding hydrogens is 393 g/mol. The number of aryl methyl sites for hydroxylation is 1. The van der Waals surface area contributed by atoms with E-state index >= 15 is 0 Å².